The average Bonchev–Trinajstić information content (AvgIpc) is 3.61. The van der Waals surface area contributed by atoms with Gasteiger partial charge < -0.3 is 9.47 Å². The van der Waals surface area contributed by atoms with Crippen molar-refractivity contribution >= 4 is 23.3 Å². The first kappa shape index (κ1) is 19.3. The van der Waals surface area contributed by atoms with Gasteiger partial charge in [-0.25, -0.2) is 0 Å². The maximum Gasteiger partial charge on any atom is 0.238 e. The number of amides is 2. The highest BCUT2D eigenvalue weighted by molar-refractivity contribution is 6.22. The molecule has 2 saturated carbocycles. The third-order valence-corrected chi connectivity index (χ3v) is 7.52. The van der Waals surface area contributed by atoms with Crippen molar-refractivity contribution in [2.45, 2.75) is 6.42 Å². The van der Waals surface area contributed by atoms with E-state index in [1.807, 2.05) is 0 Å². The molecule has 7 rings (SSSR count). The Balaban J connectivity index is 1.15. The molecule has 2 bridgehead atoms. The van der Waals surface area contributed by atoms with Crippen molar-refractivity contribution in [3.05, 3.63) is 66.2 Å². The second kappa shape index (κ2) is 7.05. The van der Waals surface area contributed by atoms with E-state index in [9.17, 15) is 14.4 Å². The predicted molar refractivity (Wildman–Crippen MR) is 116 cm³/mol. The predicted octanol–water partition coefficient (Wildman–Crippen LogP) is 3.51. The van der Waals surface area contributed by atoms with Crippen LogP contribution in [0.5, 0.6) is 11.5 Å². The lowest BCUT2D eigenvalue weighted by molar-refractivity contribution is -0.124. The van der Waals surface area contributed by atoms with Crippen molar-refractivity contribution in [1.82, 2.24) is 0 Å². The lowest BCUT2D eigenvalue weighted by atomic mass is 9.63. The molecule has 0 radical (unpaired) electrons. The van der Waals surface area contributed by atoms with Crippen LogP contribution in [0.25, 0.3) is 0 Å². The second-order valence-corrected chi connectivity index (χ2v) is 9.10. The first-order chi connectivity index (χ1) is 15.6. The molecule has 32 heavy (non-hydrogen) atoms. The van der Waals surface area contributed by atoms with Gasteiger partial charge in [0.05, 0.1) is 24.6 Å². The molecule has 6 heteroatoms. The molecular weight excluding hydrogens is 406 g/mol. The van der Waals surface area contributed by atoms with Crippen LogP contribution in [0.2, 0.25) is 0 Å². The number of ketones is 1. The zero-order valence-electron chi connectivity index (χ0n) is 17.6. The molecule has 1 saturated heterocycles. The Labute approximate surface area is 185 Å². The summed E-state index contributed by atoms with van der Waals surface area (Å²) in [7, 11) is 1.55. The minimum atomic E-state index is -0.210. The molecule has 2 amide bonds. The quantitative estimate of drug-likeness (QED) is 0.399. The van der Waals surface area contributed by atoms with E-state index in [2.05, 4.69) is 12.2 Å². The van der Waals surface area contributed by atoms with Gasteiger partial charge >= 0.3 is 0 Å². The summed E-state index contributed by atoms with van der Waals surface area (Å²) in [6.07, 6.45) is 5.49. The van der Waals surface area contributed by atoms with Gasteiger partial charge in [-0.2, -0.15) is 0 Å². The van der Waals surface area contributed by atoms with Crippen molar-refractivity contribution in [3.63, 3.8) is 0 Å². The van der Waals surface area contributed by atoms with Crippen LogP contribution in [-0.2, 0) is 9.59 Å². The Hall–Kier alpha value is -3.41. The molecule has 2 aromatic rings. The summed E-state index contributed by atoms with van der Waals surface area (Å²) in [4.78, 5) is 40.2. The SMILES string of the molecule is COc1cccc(C(=O)COc2ccc(N3C(=O)C4C5C=CC(C6CC56)C4C3=O)cc2)c1. The van der Waals surface area contributed by atoms with Gasteiger partial charge in [-0.05, 0) is 66.5 Å². The molecule has 6 nitrogen and oxygen atoms in total. The summed E-state index contributed by atoms with van der Waals surface area (Å²) in [5.41, 5.74) is 1.08. The second-order valence-electron chi connectivity index (χ2n) is 9.10. The zero-order valence-corrected chi connectivity index (χ0v) is 17.6. The van der Waals surface area contributed by atoms with E-state index in [-0.39, 0.29) is 47.9 Å². The zero-order chi connectivity index (χ0) is 22.0. The summed E-state index contributed by atoms with van der Waals surface area (Å²) in [6, 6.07) is 13.7. The Morgan fingerprint density at radius 2 is 1.59 bits per heavy atom. The highest BCUT2D eigenvalue weighted by Crippen LogP contribution is 2.65. The van der Waals surface area contributed by atoms with Crippen molar-refractivity contribution in [1.29, 1.82) is 0 Å². The summed E-state index contributed by atoms with van der Waals surface area (Å²) < 4.78 is 10.8. The Morgan fingerprint density at radius 1 is 0.938 bits per heavy atom. The van der Waals surface area contributed by atoms with Gasteiger partial charge in [0.25, 0.3) is 0 Å². The van der Waals surface area contributed by atoms with Gasteiger partial charge in [-0.15, -0.1) is 0 Å². The van der Waals surface area contributed by atoms with E-state index >= 15 is 0 Å². The topological polar surface area (TPSA) is 72.9 Å². The van der Waals surface area contributed by atoms with Crippen LogP contribution in [0, 0.1) is 35.5 Å². The molecule has 0 N–H and O–H groups in total. The number of ether oxygens (including phenoxy) is 2. The third-order valence-electron chi connectivity index (χ3n) is 7.52. The number of carbonyl (C=O) groups is 3. The van der Waals surface area contributed by atoms with Crippen LogP contribution in [0.3, 0.4) is 0 Å². The Bertz CT molecular complexity index is 1120. The number of hydrogen-bond acceptors (Lipinski definition) is 5. The van der Waals surface area contributed by atoms with Gasteiger partial charge in [0, 0.05) is 5.56 Å². The molecule has 1 heterocycles. The summed E-state index contributed by atoms with van der Waals surface area (Å²) in [5, 5.41) is 0. The first-order valence-corrected chi connectivity index (χ1v) is 11.0. The fourth-order valence-corrected chi connectivity index (χ4v) is 5.93. The number of allylic oxidation sites excluding steroid dienone is 2. The summed E-state index contributed by atoms with van der Waals surface area (Å²) in [5.74, 6) is 1.97. The van der Waals surface area contributed by atoms with Crippen LogP contribution >= 0.6 is 0 Å². The molecule has 6 atom stereocenters. The standard InChI is InChI=1S/C26H23NO5/c1-31-17-4-2-3-14(11-17)22(28)13-32-16-7-5-15(6-8-16)27-25(29)23-18-9-10-19(21-12-20(18)21)24(23)26(27)30/h2-11,18-21,23-24H,12-13H2,1H3. The maximum absolute atomic E-state index is 13.2. The van der Waals surface area contributed by atoms with Crippen LogP contribution < -0.4 is 14.4 Å². The van der Waals surface area contributed by atoms with Crippen molar-refractivity contribution in [2.75, 3.05) is 18.6 Å². The molecule has 2 aromatic carbocycles. The number of imide groups is 1. The molecule has 4 aliphatic carbocycles. The molecule has 5 aliphatic rings. The van der Waals surface area contributed by atoms with E-state index in [1.165, 1.54) is 4.90 Å². The normalized spacial score (nSPS) is 31.3. The van der Waals surface area contributed by atoms with Crippen LogP contribution in [0.1, 0.15) is 16.8 Å². The van der Waals surface area contributed by atoms with Crippen LogP contribution in [0.15, 0.2) is 60.7 Å². The number of nitrogens with zero attached hydrogens (tertiary/aromatic N) is 1. The largest absolute Gasteiger partial charge is 0.497 e. The lowest BCUT2D eigenvalue weighted by Crippen LogP contribution is -2.40. The van der Waals surface area contributed by atoms with E-state index in [4.69, 9.17) is 9.47 Å². The maximum atomic E-state index is 13.2. The van der Waals surface area contributed by atoms with Crippen molar-refractivity contribution in [3.8, 4) is 11.5 Å². The highest BCUT2D eigenvalue weighted by Gasteiger charge is 2.67. The van der Waals surface area contributed by atoms with Crippen LogP contribution in [-0.4, -0.2) is 31.3 Å². The van der Waals surface area contributed by atoms with Gasteiger partial charge in [-0.3, -0.25) is 19.3 Å². The lowest BCUT2D eigenvalue weighted by Gasteiger charge is -2.37. The van der Waals surface area contributed by atoms with Crippen molar-refractivity contribution in [2.24, 2.45) is 35.5 Å². The minimum Gasteiger partial charge on any atom is -0.497 e. The monoisotopic (exact) mass is 429 g/mol. The van der Waals surface area contributed by atoms with Gasteiger partial charge in [0.1, 0.15) is 11.5 Å². The fourth-order valence-electron chi connectivity index (χ4n) is 5.93. The molecule has 0 aromatic heterocycles. The van der Waals surface area contributed by atoms with Gasteiger partial charge in [0.15, 0.2) is 12.4 Å². The van der Waals surface area contributed by atoms with E-state index < -0.39 is 0 Å². The number of anilines is 1. The fraction of sp³-hybridized carbons (Fsp3) is 0.346. The van der Waals surface area contributed by atoms with Gasteiger partial charge in [-0.1, -0.05) is 24.3 Å². The third kappa shape index (κ3) is 2.82. The van der Waals surface area contributed by atoms with E-state index in [0.29, 0.717) is 34.6 Å². The smallest absolute Gasteiger partial charge is 0.238 e. The highest BCUT2D eigenvalue weighted by atomic mass is 16.5. The minimum absolute atomic E-state index is 0.0772. The average molecular weight is 429 g/mol. The first-order valence-electron chi connectivity index (χ1n) is 11.0. The number of methoxy groups -OCH3 is 1. The number of benzene rings is 2. The molecule has 162 valence electrons. The molecule has 1 aliphatic heterocycles. The molecule has 3 fully saturated rings. The summed E-state index contributed by atoms with van der Waals surface area (Å²) >= 11 is 0. The molecular formula is C26H23NO5. The van der Waals surface area contributed by atoms with Crippen molar-refractivity contribution < 1.29 is 23.9 Å². The molecule has 0 spiro atoms. The Morgan fingerprint density at radius 3 is 2.22 bits per heavy atom. The number of Topliss-reactive ketones (excluding diaryl/α,β-unsaturated/α-hetero) is 1. The Kier molecular flexibility index (Phi) is 4.25. The van der Waals surface area contributed by atoms with Crippen LogP contribution in [0.4, 0.5) is 5.69 Å². The van der Waals surface area contributed by atoms with E-state index in [0.717, 1.165) is 6.42 Å². The number of hydrogen-bond donors (Lipinski definition) is 0. The summed E-state index contributed by atoms with van der Waals surface area (Å²) in [6.45, 7) is -0.115. The number of carbonyl (C=O) groups excluding carboxylic acids is 3. The number of rotatable bonds is 6. The van der Waals surface area contributed by atoms with Gasteiger partial charge in [0.2, 0.25) is 11.8 Å². The molecule has 6 unspecified atom stereocenters. The van der Waals surface area contributed by atoms with E-state index in [1.54, 1.807) is 55.6 Å².